The van der Waals surface area contributed by atoms with Crippen LogP contribution in [0.5, 0.6) is 0 Å². The van der Waals surface area contributed by atoms with Crippen LogP contribution in [0.15, 0.2) is 53.4 Å². The summed E-state index contributed by atoms with van der Waals surface area (Å²) in [6.07, 6.45) is 8.19. The van der Waals surface area contributed by atoms with E-state index in [0.717, 1.165) is 18.4 Å². The lowest BCUT2D eigenvalue weighted by atomic mass is 9.89. The molecule has 2 aromatic rings. The molecule has 0 saturated heterocycles. The Morgan fingerprint density at radius 3 is 2.11 bits per heavy atom. The van der Waals surface area contributed by atoms with E-state index in [1.165, 1.54) is 25.7 Å². The quantitative estimate of drug-likeness (QED) is 0.359. The molecule has 0 bridgehead atoms. The average molecular weight is 513 g/mol. The maximum atomic E-state index is 13.1. The number of hydrogen-bond acceptors (Lipinski definition) is 4. The van der Waals surface area contributed by atoms with Crippen molar-refractivity contribution in [3.05, 3.63) is 59.7 Å². The number of nitrogens with one attached hydrogen (secondary N) is 2. The van der Waals surface area contributed by atoms with E-state index in [9.17, 15) is 18.0 Å². The van der Waals surface area contributed by atoms with E-state index in [4.69, 9.17) is 0 Å². The van der Waals surface area contributed by atoms with Crippen molar-refractivity contribution < 1.29 is 18.0 Å². The van der Waals surface area contributed by atoms with Crippen LogP contribution in [-0.2, 0) is 20.4 Å². The molecule has 6 nitrogen and oxygen atoms in total. The Balaban J connectivity index is 1.57. The van der Waals surface area contributed by atoms with E-state index in [1.54, 1.807) is 48.5 Å². The molecule has 36 heavy (non-hydrogen) atoms. The van der Waals surface area contributed by atoms with Crippen molar-refractivity contribution in [1.82, 2.24) is 5.32 Å². The highest BCUT2D eigenvalue weighted by Crippen LogP contribution is 2.26. The molecule has 196 valence electrons. The average Bonchev–Trinajstić information content (AvgIpc) is 3.08. The zero-order valence-electron chi connectivity index (χ0n) is 21.8. The first kappa shape index (κ1) is 27.9. The molecular weight excluding hydrogens is 472 g/mol. The van der Waals surface area contributed by atoms with E-state index < -0.39 is 21.9 Å². The number of anilines is 1. The Labute approximate surface area is 216 Å². The summed E-state index contributed by atoms with van der Waals surface area (Å²) in [5, 5.41) is 5.68. The van der Waals surface area contributed by atoms with E-state index in [-0.39, 0.29) is 17.5 Å². The highest BCUT2D eigenvalue weighted by molar-refractivity contribution is 7.90. The molecule has 1 aliphatic carbocycles. The molecule has 3 rings (SSSR count). The number of urea groups is 1. The van der Waals surface area contributed by atoms with Crippen molar-refractivity contribution in [2.45, 2.75) is 88.8 Å². The van der Waals surface area contributed by atoms with Crippen molar-refractivity contribution in [1.29, 1.82) is 0 Å². The molecule has 0 spiro atoms. The van der Waals surface area contributed by atoms with Crippen LogP contribution in [-0.4, -0.2) is 26.3 Å². The fourth-order valence-corrected chi connectivity index (χ4v) is 6.14. The molecule has 7 heteroatoms. The summed E-state index contributed by atoms with van der Waals surface area (Å²) >= 11 is 0. The van der Waals surface area contributed by atoms with Crippen molar-refractivity contribution in [3.8, 4) is 0 Å². The predicted octanol–water partition coefficient (Wildman–Crippen LogP) is 6.43. The molecule has 0 aliphatic heterocycles. The minimum absolute atomic E-state index is 0.113. The van der Waals surface area contributed by atoms with Gasteiger partial charge in [-0.05, 0) is 55.0 Å². The first-order valence-electron chi connectivity index (χ1n) is 13.1. The van der Waals surface area contributed by atoms with Crippen LogP contribution in [0.4, 0.5) is 10.5 Å². The zero-order valence-corrected chi connectivity index (χ0v) is 22.6. The summed E-state index contributed by atoms with van der Waals surface area (Å²) in [7, 11) is -3.45. The van der Waals surface area contributed by atoms with Crippen molar-refractivity contribution in [2.75, 3.05) is 5.32 Å². The fraction of sp³-hybridized carbons (Fsp3) is 0.517. The van der Waals surface area contributed by atoms with E-state index in [0.29, 0.717) is 34.9 Å². The minimum Gasteiger partial charge on any atom is -0.328 e. The van der Waals surface area contributed by atoms with Gasteiger partial charge in [0, 0.05) is 12.1 Å². The standard InChI is InChI=1S/C29H40N2O4S/c1-21(2)18-27(28(32)19-23-8-6-4-5-7-9-23)31-29(33)30-25-14-12-24(13-15-25)20-36(34,35)26-16-10-22(3)11-17-26/h10-17,21,23,27H,4-9,18-20H2,1-3H3,(H2,30,31,33)/t27-/m1/s1. The Bertz CT molecular complexity index is 1100. The third-order valence-corrected chi connectivity index (χ3v) is 8.52. The molecule has 2 N–H and O–H groups in total. The first-order valence-corrected chi connectivity index (χ1v) is 14.8. The molecule has 2 amide bonds. The molecule has 2 aromatic carbocycles. The SMILES string of the molecule is Cc1ccc(S(=O)(=O)Cc2ccc(NC(=O)N[C@H](CC(C)C)C(=O)CC3CCCCCC3)cc2)cc1. The number of ketones is 1. The summed E-state index contributed by atoms with van der Waals surface area (Å²) in [4.78, 5) is 26.1. The van der Waals surface area contributed by atoms with Gasteiger partial charge in [-0.25, -0.2) is 13.2 Å². The number of hydrogen-bond donors (Lipinski definition) is 2. The van der Waals surface area contributed by atoms with Crippen LogP contribution in [0.25, 0.3) is 0 Å². The summed E-state index contributed by atoms with van der Waals surface area (Å²) in [6, 6.07) is 12.6. The number of aryl methyl sites for hydroxylation is 1. The number of rotatable bonds is 10. The third-order valence-electron chi connectivity index (χ3n) is 6.81. The number of amides is 2. The molecule has 1 aliphatic rings. The van der Waals surface area contributed by atoms with Gasteiger partial charge in [-0.1, -0.05) is 82.2 Å². The maximum Gasteiger partial charge on any atom is 0.319 e. The van der Waals surface area contributed by atoms with E-state index >= 15 is 0 Å². The summed E-state index contributed by atoms with van der Waals surface area (Å²) in [5.41, 5.74) is 2.19. The number of benzene rings is 2. The van der Waals surface area contributed by atoms with Gasteiger partial charge in [-0.3, -0.25) is 4.79 Å². The third kappa shape index (κ3) is 8.77. The molecule has 0 unspecified atom stereocenters. The molecule has 1 saturated carbocycles. The number of carbonyl (C=O) groups is 2. The zero-order chi connectivity index (χ0) is 26.1. The van der Waals surface area contributed by atoms with Gasteiger partial charge >= 0.3 is 6.03 Å². The largest absolute Gasteiger partial charge is 0.328 e. The van der Waals surface area contributed by atoms with Gasteiger partial charge in [0.2, 0.25) is 0 Å². The normalized spacial score (nSPS) is 15.8. The lowest BCUT2D eigenvalue weighted by Gasteiger charge is -2.22. The molecule has 1 fully saturated rings. The summed E-state index contributed by atoms with van der Waals surface area (Å²) in [6.45, 7) is 6.01. The predicted molar refractivity (Wildman–Crippen MR) is 145 cm³/mol. The first-order chi connectivity index (χ1) is 17.1. The van der Waals surface area contributed by atoms with Crippen LogP contribution < -0.4 is 10.6 Å². The lowest BCUT2D eigenvalue weighted by Crippen LogP contribution is -2.44. The van der Waals surface area contributed by atoms with E-state index in [2.05, 4.69) is 24.5 Å². The highest BCUT2D eigenvalue weighted by Gasteiger charge is 2.25. The fourth-order valence-electron chi connectivity index (χ4n) is 4.80. The minimum atomic E-state index is -3.45. The molecule has 0 aromatic heterocycles. The van der Waals surface area contributed by atoms with Crippen LogP contribution in [0.1, 0.15) is 76.3 Å². The van der Waals surface area contributed by atoms with Gasteiger partial charge in [0.25, 0.3) is 0 Å². The van der Waals surface area contributed by atoms with Gasteiger partial charge < -0.3 is 10.6 Å². The van der Waals surface area contributed by atoms with Crippen LogP contribution in [0.2, 0.25) is 0 Å². The van der Waals surface area contributed by atoms with Gasteiger partial charge in [-0.15, -0.1) is 0 Å². The van der Waals surface area contributed by atoms with Crippen LogP contribution in [0.3, 0.4) is 0 Å². The Hall–Kier alpha value is -2.67. The Morgan fingerprint density at radius 1 is 0.917 bits per heavy atom. The van der Waals surface area contributed by atoms with Crippen LogP contribution >= 0.6 is 0 Å². The molecule has 0 heterocycles. The number of carbonyl (C=O) groups excluding carboxylic acids is 2. The second kappa shape index (κ2) is 13.0. The lowest BCUT2D eigenvalue weighted by molar-refractivity contribution is -0.122. The van der Waals surface area contributed by atoms with Crippen molar-refractivity contribution in [3.63, 3.8) is 0 Å². The van der Waals surface area contributed by atoms with Crippen molar-refractivity contribution in [2.24, 2.45) is 11.8 Å². The second-order valence-corrected chi connectivity index (χ2v) is 12.6. The topological polar surface area (TPSA) is 92.3 Å². The summed E-state index contributed by atoms with van der Waals surface area (Å²) in [5.74, 6) is 0.697. The highest BCUT2D eigenvalue weighted by atomic mass is 32.2. The van der Waals surface area contributed by atoms with Gasteiger partial charge in [0.15, 0.2) is 15.6 Å². The monoisotopic (exact) mass is 512 g/mol. The van der Waals surface area contributed by atoms with Crippen molar-refractivity contribution >= 4 is 27.3 Å². The Morgan fingerprint density at radius 2 is 1.53 bits per heavy atom. The molecule has 0 radical (unpaired) electrons. The van der Waals surface area contributed by atoms with Gasteiger partial charge in [-0.2, -0.15) is 0 Å². The van der Waals surface area contributed by atoms with Gasteiger partial charge in [0.1, 0.15) is 0 Å². The maximum absolute atomic E-state index is 13.1. The van der Waals surface area contributed by atoms with E-state index in [1.807, 2.05) is 6.92 Å². The number of Topliss-reactive ketones (excluding diaryl/α,β-unsaturated/α-hetero) is 1. The summed E-state index contributed by atoms with van der Waals surface area (Å²) < 4.78 is 25.4. The number of sulfone groups is 1. The Kier molecular flexibility index (Phi) is 10.1. The molecular formula is C29H40N2O4S. The second-order valence-electron chi connectivity index (χ2n) is 10.6. The smallest absolute Gasteiger partial charge is 0.319 e. The van der Waals surface area contributed by atoms with Crippen LogP contribution in [0, 0.1) is 18.8 Å². The molecule has 1 atom stereocenters. The van der Waals surface area contributed by atoms with Gasteiger partial charge in [0.05, 0.1) is 16.7 Å².